The van der Waals surface area contributed by atoms with Crippen LogP contribution in [0, 0.1) is 5.82 Å². The van der Waals surface area contributed by atoms with E-state index in [4.69, 9.17) is 9.47 Å². The molecular weight excluding hydrogens is 418 g/mol. The predicted octanol–water partition coefficient (Wildman–Crippen LogP) is 9.31. The molecule has 0 N–H and O–H groups in total. The Balaban J connectivity index is 1.82. The first-order valence-electron chi connectivity index (χ1n) is 12.9. The Morgan fingerprint density at radius 2 is 1.36 bits per heavy atom. The molecule has 33 heavy (non-hydrogen) atoms. The summed E-state index contributed by atoms with van der Waals surface area (Å²) in [6, 6.07) is 12.6. The van der Waals surface area contributed by atoms with Gasteiger partial charge in [0.05, 0.1) is 6.61 Å². The Labute approximate surface area is 199 Å². The normalized spacial score (nSPS) is 13.0. The zero-order valence-electron chi connectivity index (χ0n) is 20.8. The number of hydrogen-bond acceptors (Lipinski definition) is 2. The van der Waals surface area contributed by atoms with Crippen LogP contribution >= 0.6 is 0 Å². The molecule has 0 aliphatic heterocycles. The van der Waals surface area contributed by atoms with E-state index < -0.39 is 18.1 Å². The van der Waals surface area contributed by atoms with Crippen LogP contribution < -0.4 is 9.47 Å². The maximum Gasteiger partial charge on any atom is 0.165 e. The summed E-state index contributed by atoms with van der Waals surface area (Å²) in [6.07, 6.45) is 10.2. The van der Waals surface area contributed by atoms with E-state index in [9.17, 15) is 8.78 Å². The zero-order chi connectivity index (χ0) is 23.9. The van der Waals surface area contributed by atoms with Crippen molar-refractivity contribution in [2.75, 3.05) is 6.61 Å². The number of benzene rings is 2. The first-order valence-corrected chi connectivity index (χ1v) is 12.9. The minimum Gasteiger partial charge on any atom is -0.494 e. The Hall–Kier alpha value is -2.10. The van der Waals surface area contributed by atoms with Gasteiger partial charge in [-0.1, -0.05) is 89.8 Å². The second-order valence-electron chi connectivity index (χ2n) is 8.97. The predicted molar refractivity (Wildman–Crippen MR) is 134 cm³/mol. The Morgan fingerprint density at radius 3 is 2.03 bits per heavy atom. The summed E-state index contributed by atoms with van der Waals surface area (Å²) in [5.74, 6) is 0.455. The van der Waals surface area contributed by atoms with Crippen LogP contribution in [0.5, 0.6) is 11.5 Å². The van der Waals surface area contributed by atoms with E-state index in [-0.39, 0.29) is 5.75 Å². The molecule has 0 amide bonds. The lowest BCUT2D eigenvalue weighted by Gasteiger charge is -2.19. The van der Waals surface area contributed by atoms with Crippen LogP contribution in [0.25, 0.3) is 11.1 Å². The van der Waals surface area contributed by atoms with Gasteiger partial charge in [-0.2, -0.15) is 0 Å². The van der Waals surface area contributed by atoms with Gasteiger partial charge in [0.25, 0.3) is 0 Å². The van der Waals surface area contributed by atoms with Crippen LogP contribution in [-0.2, 0) is 0 Å². The highest BCUT2D eigenvalue weighted by Crippen LogP contribution is 2.28. The minimum absolute atomic E-state index is 0.0985. The lowest BCUT2D eigenvalue weighted by molar-refractivity contribution is 0.102. The third-order valence-corrected chi connectivity index (χ3v) is 6.04. The topological polar surface area (TPSA) is 18.5 Å². The summed E-state index contributed by atoms with van der Waals surface area (Å²) in [6.45, 7) is 6.74. The van der Waals surface area contributed by atoms with E-state index in [1.807, 2.05) is 30.3 Å². The van der Waals surface area contributed by atoms with Crippen LogP contribution in [0.15, 0.2) is 42.5 Å². The third-order valence-electron chi connectivity index (χ3n) is 6.04. The highest BCUT2D eigenvalue weighted by Gasteiger charge is 2.19. The van der Waals surface area contributed by atoms with Crippen LogP contribution in [0.1, 0.15) is 91.4 Å². The zero-order valence-corrected chi connectivity index (χ0v) is 20.8. The molecule has 0 fully saturated rings. The molecule has 0 radical (unpaired) electrons. The molecule has 2 aromatic carbocycles. The smallest absolute Gasteiger partial charge is 0.165 e. The van der Waals surface area contributed by atoms with Gasteiger partial charge in [-0.15, -0.1) is 0 Å². The van der Waals surface area contributed by atoms with E-state index >= 15 is 0 Å². The minimum atomic E-state index is -1.09. The molecule has 2 unspecified atom stereocenters. The number of ether oxygens (including phenoxy) is 2. The molecule has 184 valence electrons. The number of unbranched alkanes of at least 4 members (excludes halogenated alkanes) is 8. The van der Waals surface area contributed by atoms with E-state index in [0.717, 1.165) is 55.6 Å². The monoisotopic (exact) mass is 460 g/mol. The summed E-state index contributed by atoms with van der Waals surface area (Å²) < 4.78 is 40.4. The molecule has 0 aliphatic rings. The number of hydrogen-bond donors (Lipinski definition) is 0. The average Bonchev–Trinajstić information content (AvgIpc) is 2.82. The fourth-order valence-electron chi connectivity index (χ4n) is 3.87. The summed E-state index contributed by atoms with van der Waals surface area (Å²) in [5.41, 5.74) is 1.66. The van der Waals surface area contributed by atoms with E-state index in [1.165, 1.54) is 38.2 Å². The standard InChI is InChI=1S/C29H42F2O2/c1-4-6-8-10-11-13-21-32-26-18-15-24(16-19-26)25-17-20-29(28(31)22-25)33-23(3)27(30)14-12-9-7-5-2/h15-20,22-23,27H,4-14,21H2,1-3H3. The van der Waals surface area contributed by atoms with Crippen LogP contribution in [0.4, 0.5) is 8.78 Å². The fourth-order valence-corrected chi connectivity index (χ4v) is 3.87. The number of alkyl halides is 1. The molecule has 0 saturated carbocycles. The van der Waals surface area contributed by atoms with Crippen molar-refractivity contribution >= 4 is 0 Å². The Morgan fingerprint density at radius 1 is 0.758 bits per heavy atom. The van der Waals surface area contributed by atoms with Crippen molar-refractivity contribution in [1.82, 2.24) is 0 Å². The van der Waals surface area contributed by atoms with Crippen LogP contribution in [-0.4, -0.2) is 18.9 Å². The molecular formula is C29H42F2O2. The second-order valence-corrected chi connectivity index (χ2v) is 8.97. The van der Waals surface area contributed by atoms with Gasteiger partial charge in [-0.3, -0.25) is 0 Å². The summed E-state index contributed by atoms with van der Waals surface area (Å²) >= 11 is 0. The fraction of sp³-hybridized carbons (Fsp3) is 0.586. The third kappa shape index (κ3) is 10.1. The first kappa shape index (κ1) is 27.1. The number of halogens is 2. The molecule has 2 rings (SSSR count). The maximum atomic E-state index is 14.6. The van der Waals surface area contributed by atoms with E-state index in [2.05, 4.69) is 13.8 Å². The second kappa shape index (κ2) is 15.7. The van der Waals surface area contributed by atoms with Gasteiger partial charge in [0, 0.05) is 0 Å². The van der Waals surface area contributed by atoms with Crippen LogP contribution in [0.2, 0.25) is 0 Å². The molecule has 2 nitrogen and oxygen atoms in total. The number of rotatable bonds is 17. The lowest BCUT2D eigenvalue weighted by Crippen LogP contribution is -2.25. The largest absolute Gasteiger partial charge is 0.494 e. The van der Waals surface area contributed by atoms with Crippen molar-refractivity contribution in [3.05, 3.63) is 48.3 Å². The SMILES string of the molecule is CCCCCCCCOc1ccc(-c2ccc(OC(C)C(F)CCCCCC)c(F)c2)cc1. The van der Waals surface area contributed by atoms with Crippen molar-refractivity contribution < 1.29 is 18.3 Å². The van der Waals surface area contributed by atoms with E-state index in [0.29, 0.717) is 6.42 Å². The van der Waals surface area contributed by atoms with Gasteiger partial charge in [0.15, 0.2) is 11.6 Å². The van der Waals surface area contributed by atoms with Crippen molar-refractivity contribution in [3.8, 4) is 22.6 Å². The summed E-state index contributed by atoms with van der Waals surface area (Å²) in [7, 11) is 0. The lowest BCUT2D eigenvalue weighted by atomic mass is 10.0. The molecule has 0 spiro atoms. The molecule has 0 saturated heterocycles. The molecule has 0 aliphatic carbocycles. The first-order chi connectivity index (χ1) is 16.0. The highest BCUT2D eigenvalue weighted by molar-refractivity contribution is 5.65. The maximum absolute atomic E-state index is 14.6. The molecule has 2 aromatic rings. The summed E-state index contributed by atoms with van der Waals surface area (Å²) in [5, 5.41) is 0. The van der Waals surface area contributed by atoms with Gasteiger partial charge in [0.1, 0.15) is 18.0 Å². The summed E-state index contributed by atoms with van der Waals surface area (Å²) in [4.78, 5) is 0. The molecule has 0 bridgehead atoms. The van der Waals surface area contributed by atoms with Crippen molar-refractivity contribution in [1.29, 1.82) is 0 Å². The highest BCUT2D eigenvalue weighted by atomic mass is 19.1. The van der Waals surface area contributed by atoms with Gasteiger partial charge in [-0.05, 0) is 55.2 Å². The van der Waals surface area contributed by atoms with Crippen molar-refractivity contribution in [2.45, 2.75) is 104 Å². The van der Waals surface area contributed by atoms with Gasteiger partial charge < -0.3 is 9.47 Å². The van der Waals surface area contributed by atoms with Crippen molar-refractivity contribution in [3.63, 3.8) is 0 Å². The molecule has 4 heteroatoms. The quantitative estimate of drug-likeness (QED) is 0.219. The Kier molecular flexibility index (Phi) is 12.9. The van der Waals surface area contributed by atoms with Crippen molar-refractivity contribution in [2.24, 2.45) is 0 Å². The van der Waals surface area contributed by atoms with Crippen LogP contribution in [0.3, 0.4) is 0 Å². The van der Waals surface area contributed by atoms with Gasteiger partial charge in [0.2, 0.25) is 0 Å². The van der Waals surface area contributed by atoms with Gasteiger partial charge >= 0.3 is 0 Å². The molecule has 2 atom stereocenters. The average molecular weight is 461 g/mol. The molecule has 0 aromatic heterocycles. The van der Waals surface area contributed by atoms with E-state index in [1.54, 1.807) is 13.0 Å². The van der Waals surface area contributed by atoms with Gasteiger partial charge in [-0.25, -0.2) is 8.78 Å². The molecule has 0 heterocycles. The Bertz CT molecular complexity index is 776.